The van der Waals surface area contributed by atoms with E-state index < -0.39 is 6.10 Å². The van der Waals surface area contributed by atoms with E-state index in [2.05, 4.69) is 19.2 Å². The molecule has 0 aliphatic heterocycles. The van der Waals surface area contributed by atoms with Crippen molar-refractivity contribution < 1.29 is 9.84 Å². The number of rotatable bonds is 6. The average molecular weight is 235 g/mol. The van der Waals surface area contributed by atoms with Gasteiger partial charge in [-0.05, 0) is 49.9 Å². The first-order valence-electron chi connectivity index (χ1n) is 6.26. The van der Waals surface area contributed by atoms with Gasteiger partial charge >= 0.3 is 0 Å². The Morgan fingerprint density at radius 1 is 1.35 bits per heavy atom. The summed E-state index contributed by atoms with van der Waals surface area (Å²) in [5.41, 5.74) is 2.47. The van der Waals surface area contributed by atoms with Crippen LogP contribution in [0.3, 0.4) is 0 Å². The summed E-state index contributed by atoms with van der Waals surface area (Å²) in [6.45, 7) is 5.11. The van der Waals surface area contributed by atoms with E-state index in [9.17, 15) is 5.11 Å². The van der Waals surface area contributed by atoms with Crippen LogP contribution in [0.1, 0.15) is 24.0 Å². The quantitative estimate of drug-likeness (QED) is 0.790. The number of nitrogens with one attached hydrogen (secondary N) is 1. The number of hydrogen-bond acceptors (Lipinski definition) is 3. The monoisotopic (exact) mass is 235 g/mol. The summed E-state index contributed by atoms with van der Waals surface area (Å²) in [5.74, 6) is 0.832. The smallest absolute Gasteiger partial charge is 0.119 e. The maximum absolute atomic E-state index is 9.72. The molecule has 1 saturated carbocycles. The van der Waals surface area contributed by atoms with Crippen LogP contribution in [0.25, 0.3) is 0 Å². The molecule has 1 fully saturated rings. The van der Waals surface area contributed by atoms with Crippen LogP contribution in [0, 0.1) is 13.8 Å². The van der Waals surface area contributed by atoms with Gasteiger partial charge in [0.25, 0.3) is 0 Å². The predicted octanol–water partition coefficient (Wildman–Crippen LogP) is 1.80. The van der Waals surface area contributed by atoms with E-state index >= 15 is 0 Å². The van der Waals surface area contributed by atoms with Crippen molar-refractivity contribution in [2.75, 3.05) is 13.2 Å². The lowest BCUT2D eigenvalue weighted by molar-refractivity contribution is 0.106. The molecule has 0 aromatic heterocycles. The van der Waals surface area contributed by atoms with Crippen LogP contribution in [0.15, 0.2) is 18.2 Å². The molecule has 0 spiro atoms. The van der Waals surface area contributed by atoms with Gasteiger partial charge in [-0.25, -0.2) is 0 Å². The summed E-state index contributed by atoms with van der Waals surface area (Å²) in [5, 5.41) is 13.0. The fraction of sp³-hybridized carbons (Fsp3) is 0.571. The molecule has 0 amide bonds. The van der Waals surface area contributed by atoms with Crippen molar-refractivity contribution in [3.8, 4) is 5.75 Å². The summed E-state index contributed by atoms with van der Waals surface area (Å²) < 4.78 is 5.57. The van der Waals surface area contributed by atoms with Crippen molar-refractivity contribution >= 4 is 0 Å². The summed E-state index contributed by atoms with van der Waals surface area (Å²) in [6.07, 6.45) is 2.05. The third-order valence-electron chi connectivity index (χ3n) is 3.14. The lowest BCUT2D eigenvalue weighted by Gasteiger charge is -2.13. The Balaban J connectivity index is 1.73. The normalized spacial score (nSPS) is 16.9. The highest BCUT2D eigenvalue weighted by Gasteiger charge is 2.21. The third-order valence-corrected chi connectivity index (χ3v) is 3.14. The molecular weight excluding hydrogens is 214 g/mol. The Kier molecular flexibility index (Phi) is 4.02. The van der Waals surface area contributed by atoms with Crippen LogP contribution in [0.2, 0.25) is 0 Å². The summed E-state index contributed by atoms with van der Waals surface area (Å²) in [7, 11) is 0. The van der Waals surface area contributed by atoms with E-state index in [1.54, 1.807) is 0 Å². The molecule has 1 unspecified atom stereocenters. The standard InChI is InChI=1S/C14H21NO2/c1-10-3-6-14(7-11(10)2)17-9-13(16)8-15-12-4-5-12/h3,6-7,12-13,15-16H,4-5,8-9H2,1-2H3. The topological polar surface area (TPSA) is 41.5 Å². The van der Waals surface area contributed by atoms with Gasteiger partial charge in [-0.15, -0.1) is 0 Å². The van der Waals surface area contributed by atoms with Gasteiger partial charge in [0.2, 0.25) is 0 Å². The Bertz CT molecular complexity index is 374. The largest absolute Gasteiger partial charge is 0.491 e. The second kappa shape index (κ2) is 5.52. The minimum absolute atomic E-state index is 0.349. The van der Waals surface area contributed by atoms with Crippen molar-refractivity contribution in [1.82, 2.24) is 5.32 Å². The zero-order chi connectivity index (χ0) is 12.3. The van der Waals surface area contributed by atoms with E-state index in [4.69, 9.17) is 4.74 Å². The SMILES string of the molecule is Cc1ccc(OCC(O)CNC2CC2)cc1C. The molecule has 0 bridgehead atoms. The third kappa shape index (κ3) is 4.02. The number of aliphatic hydroxyl groups is 1. The number of aryl methyl sites for hydroxylation is 2. The number of benzene rings is 1. The van der Waals surface area contributed by atoms with Gasteiger partial charge in [-0.3, -0.25) is 0 Å². The molecule has 2 rings (SSSR count). The molecule has 2 N–H and O–H groups in total. The predicted molar refractivity (Wildman–Crippen MR) is 68.4 cm³/mol. The van der Waals surface area contributed by atoms with Crippen molar-refractivity contribution in [1.29, 1.82) is 0 Å². The summed E-state index contributed by atoms with van der Waals surface area (Å²) >= 11 is 0. The molecule has 3 nitrogen and oxygen atoms in total. The molecule has 1 aromatic rings. The highest BCUT2D eigenvalue weighted by Crippen LogP contribution is 2.19. The van der Waals surface area contributed by atoms with E-state index in [-0.39, 0.29) is 0 Å². The van der Waals surface area contributed by atoms with Gasteiger partial charge in [0.1, 0.15) is 18.5 Å². The zero-order valence-electron chi connectivity index (χ0n) is 10.6. The second-order valence-electron chi connectivity index (χ2n) is 4.89. The molecular formula is C14H21NO2. The van der Waals surface area contributed by atoms with Gasteiger partial charge in [-0.2, -0.15) is 0 Å². The molecule has 3 heteroatoms. The van der Waals surface area contributed by atoms with Crippen molar-refractivity contribution in [3.05, 3.63) is 29.3 Å². The lowest BCUT2D eigenvalue weighted by Crippen LogP contribution is -2.32. The highest BCUT2D eigenvalue weighted by molar-refractivity contribution is 5.33. The first-order valence-corrected chi connectivity index (χ1v) is 6.26. The van der Waals surface area contributed by atoms with E-state index in [0.29, 0.717) is 19.2 Å². The molecule has 1 aliphatic carbocycles. The number of ether oxygens (including phenoxy) is 1. The maximum atomic E-state index is 9.72. The molecule has 94 valence electrons. The molecule has 1 aromatic carbocycles. The molecule has 0 saturated heterocycles. The molecule has 1 aliphatic rings. The van der Waals surface area contributed by atoms with Crippen LogP contribution < -0.4 is 10.1 Å². The molecule has 1 atom stereocenters. The van der Waals surface area contributed by atoms with E-state index in [1.807, 2.05) is 18.2 Å². The van der Waals surface area contributed by atoms with Crippen LogP contribution in [-0.2, 0) is 0 Å². The first-order chi connectivity index (χ1) is 8.15. The van der Waals surface area contributed by atoms with Gasteiger partial charge in [0, 0.05) is 12.6 Å². The Morgan fingerprint density at radius 3 is 2.76 bits per heavy atom. The summed E-state index contributed by atoms with van der Waals surface area (Å²) in [6, 6.07) is 6.63. The van der Waals surface area contributed by atoms with Crippen LogP contribution >= 0.6 is 0 Å². The van der Waals surface area contributed by atoms with Gasteiger partial charge < -0.3 is 15.2 Å². The van der Waals surface area contributed by atoms with Gasteiger partial charge in [0.05, 0.1) is 0 Å². The lowest BCUT2D eigenvalue weighted by atomic mass is 10.1. The summed E-state index contributed by atoms with van der Waals surface area (Å²) in [4.78, 5) is 0. The highest BCUT2D eigenvalue weighted by atomic mass is 16.5. The van der Waals surface area contributed by atoms with Crippen LogP contribution in [0.5, 0.6) is 5.75 Å². The molecule has 0 radical (unpaired) electrons. The van der Waals surface area contributed by atoms with E-state index in [1.165, 1.54) is 24.0 Å². The zero-order valence-corrected chi connectivity index (χ0v) is 10.6. The fourth-order valence-corrected chi connectivity index (χ4v) is 1.65. The Labute approximate surface area is 103 Å². The van der Waals surface area contributed by atoms with Gasteiger partial charge in [-0.1, -0.05) is 6.07 Å². The molecule has 17 heavy (non-hydrogen) atoms. The average Bonchev–Trinajstić information content (AvgIpc) is 3.12. The van der Waals surface area contributed by atoms with Crippen molar-refractivity contribution in [3.63, 3.8) is 0 Å². The maximum Gasteiger partial charge on any atom is 0.119 e. The van der Waals surface area contributed by atoms with Crippen molar-refractivity contribution in [2.24, 2.45) is 0 Å². The molecule has 0 heterocycles. The van der Waals surface area contributed by atoms with E-state index in [0.717, 1.165) is 5.75 Å². The Morgan fingerprint density at radius 2 is 2.12 bits per heavy atom. The first kappa shape index (κ1) is 12.4. The van der Waals surface area contributed by atoms with Crippen LogP contribution in [0.4, 0.5) is 0 Å². The Hall–Kier alpha value is -1.06. The van der Waals surface area contributed by atoms with Gasteiger partial charge in [0.15, 0.2) is 0 Å². The second-order valence-corrected chi connectivity index (χ2v) is 4.89. The minimum atomic E-state index is -0.433. The number of aliphatic hydroxyl groups excluding tert-OH is 1. The minimum Gasteiger partial charge on any atom is -0.491 e. The fourth-order valence-electron chi connectivity index (χ4n) is 1.65. The van der Waals surface area contributed by atoms with Crippen LogP contribution in [-0.4, -0.2) is 30.4 Å². The van der Waals surface area contributed by atoms with Crippen molar-refractivity contribution in [2.45, 2.75) is 38.8 Å². The number of hydrogen-bond donors (Lipinski definition) is 2.